The van der Waals surface area contributed by atoms with Crippen LogP contribution in [0.5, 0.6) is 0 Å². The molecular formula is C22H25ClF2N4O4. The minimum Gasteiger partial charge on any atom is -0.400 e. The van der Waals surface area contributed by atoms with Crippen LogP contribution >= 0.6 is 11.6 Å². The standard InChI is InChI=1S/C18H12ClF2N3O2.C2H7N.CH4O.CH2O/c19-11-1-4-13(5-2-11)24-16(10-26)17(22-7-8-25)23-18(24)14-6-3-12(20)9-15(14)21;1-3-2;2*1-2/h1-6,8-10,22H,7H2;3H,1-2H3;2H,1H3;1H2. The van der Waals surface area contributed by atoms with Crippen LogP contribution in [0.15, 0.2) is 42.5 Å². The number of aliphatic hydroxyl groups is 1. The SMILES string of the molecule is C=O.CNC.CO.O=CCNc1nc(-c2ccc(F)cc2F)n(-c2ccc(Cl)cc2)c1C=O. The summed E-state index contributed by atoms with van der Waals surface area (Å²) in [6.45, 7) is 1.92. The molecule has 8 nitrogen and oxygen atoms in total. The number of aromatic nitrogens is 2. The van der Waals surface area contributed by atoms with Crippen LogP contribution in [0.4, 0.5) is 14.6 Å². The van der Waals surface area contributed by atoms with Gasteiger partial charge in [-0.25, -0.2) is 13.8 Å². The van der Waals surface area contributed by atoms with Gasteiger partial charge in [0.05, 0.1) is 12.1 Å². The summed E-state index contributed by atoms with van der Waals surface area (Å²) < 4.78 is 29.0. The summed E-state index contributed by atoms with van der Waals surface area (Å²) in [6.07, 6.45) is 1.15. The van der Waals surface area contributed by atoms with Gasteiger partial charge in [-0.15, -0.1) is 0 Å². The quantitative estimate of drug-likeness (QED) is 0.462. The fraction of sp³-hybridized carbons (Fsp3) is 0.182. The molecule has 0 atom stereocenters. The lowest BCUT2D eigenvalue weighted by molar-refractivity contribution is -0.106. The predicted molar refractivity (Wildman–Crippen MR) is 124 cm³/mol. The van der Waals surface area contributed by atoms with Gasteiger partial charge in [0.1, 0.15) is 30.4 Å². The van der Waals surface area contributed by atoms with Crippen molar-refractivity contribution in [3.05, 3.63) is 64.8 Å². The van der Waals surface area contributed by atoms with E-state index in [4.69, 9.17) is 21.5 Å². The third-order valence-electron chi connectivity index (χ3n) is 3.63. The maximum Gasteiger partial charge on any atom is 0.170 e. The van der Waals surface area contributed by atoms with Gasteiger partial charge < -0.3 is 25.3 Å². The first-order chi connectivity index (χ1) is 16.0. The van der Waals surface area contributed by atoms with E-state index in [0.717, 1.165) is 19.2 Å². The minimum atomic E-state index is -0.829. The molecule has 0 saturated carbocycles. The summed E-state index contributed by atoms with van der Waals surface area (Å²) >= 11 is 5.90. The number of rotatable bonds is 6. The summed E-state index contributed by atoms with van der Waals surface area (Å²) in [4.78, 5) is 34.5. The Hall–Kier alpha value is -3.47. The number of carbonyl (C=O) groups is 3. The maximum absolute atomic E-state index is 14.3. The zero-order valence-electron chi connectivity index (χ0n) is 18.3. The van der Waals surface area contributed by atoms with Gasteiger partial charge in [0, 0.05) is 23.9 Å². The third-order valence-corrected chi connectivity index (χ3v) is 3.89. The monoisotopic (exact) mass is 482 g/mol. The maximum atomic E-state index is 14.3. The first-order valence-corrected chi connectivity index (χ1v) is 9.63. The summed E-state index contributed by atoms with van der Waals surface area (Å²) in [5.41, 5.74) is 0.596. The molecule has 0 fully saturated rings. The molecule has 1 aromatic heterocycles. The number of imidazole rings is 1. The fourth-order valence-corrected chi connectivity index (χ4v) is 2.64. The normalized spacial score (nSPS) is 9.18. The van der Waals surface area contributed by atoms with E-state index in [2.05, 4.69) is 15.6 Å². The van der Waals surface area contributed by atoms with Gasteiger partial charge in [-0.1, -0.05) is 11.6 Å². The van der Waals surface area contributed by atoms with Crippen LogP contribution in [0.1, 0.15) is 10.5 Å². The van der Waals surface area contributed by atoms with Crippen LogP contribution in [-0.4, -0.2) is 61.8 Å². The molecule has 11 heteroatoms. The van der Waals surface area contributed by atoms with Crippen LogP contribution in [-0.2, 0) is 9.59 Å². The Kier molecular flexibility index (Phi) is 14.5. The average molecular weight is 483 g/mol. The van der Waals surface area contributed by atoms with E-state index in [1.807, 2.05) is 20.9 Å². The third kappa shape index (κ3) is 8.19. The van der Waals surface area contributed by atoms with Crippen molar-refractivity contribution in [2.75, 3.05) is 33.1 Å². The fourth-order valence-electron chi connectivity index (χ4n) is 2.51. The van der Waals surface area contributed by atoms with Gasteiger partial charge >= 0.3 is 0 Å². The van der Waals surface area contributed by atoms with E-state index in [9.17, 15) is 18.4 Å². The molecule has 1 heterocycles. The van der Waals surface area contributed by atoms with Crippen LogP contribution in [0.2, 0.25) is 5.02 Å². The molecule has 0 radical (unpaired) electrons. The van der Waals surface area contributed by atoms with Gasteiger partial charge in [0.15, 0.2) is 17.9 Å². The number of nitrogens with zero attached hydrogens (tertiary/aromatic N) is 2. The van der Waals surface area contributed by atoms with Gasteiger partial charge in [0.25, 0.3) is 0 Å². The van der Waals surface area contributed by atoms with E-state index in [1.54, 1.807) is 24.3 Å². The van der Waals surface area contributed by atoms with Crippen molar-refractivity contribution in [2.45, 2.75) is 0 Å². The highest BCUT2D eigenvalue weighted by Crippen LogP contribution is 2.31. The highest BCUT2D eigenvalue weighted by molar-refractivity contribution is 6.30. The zero-order chi connectivity index (χ0) is 25.4. The summed E-state index contributed by atoms with van der Waals surface area (Å²) in [7, 11) is 4.75. The Morgan fingerprint density at radius 2 is 1.67 bits per heavy atom. The van der Waals surface area contributed by atoms with Crippen molar-refractivity contribution in [2.24, 2.45) is 0 Å². The minimum absolute atomic E-state index is 0.00334. The average Bonchev–Trinajstić information content (AvgIpc) is 3.19. The molecule has 0 aliphatic carbocycles. The number of carbonyl (C=O) groups excluding carboxylic acids is 3. The number of aliphatic hydroxyl groups excluding tert-OH is 1. The van der Waals surface area contributed by atoms with Crippen molar-refractivity contribution in [3.8, 4) is 17.1 Å². The summed E-state index contributed by atoms with van der Waals surface area (Å²) in [5.74, 6) is -1.36. The van der Waals surface area contributed by atoms with Crippen LogP contribution in [0, 0.1) is 11.6 Å². The van der Waals surface area contributed by atoms with Gasteiger partial charge in [-0.2, -0.15) is 0 Å². The molecule has 0 spiro atoms. The molecular weight excluding hydrogens is 458 g/mol. The number of halogens is 3. The van der Waals surface area contributed by atoms with E-state index in [-0.39, 0.29) is 29.4 Å². The molecule has 2 aromatic carbocycles. The second-order valence-corrected chi connectivity index (χ2v) is 6.21. The van der Waals surface area contributed by atoms with E-state index in [0.29, 0.717) is 23.3 Å². The number of anilines is 1. The molecule has 3 N–H and O–H groups in total. The van der Waals surface area contributed by atoms with E-state index < -0.39 is 11.6 Å². The molecule has 3 rings (SSSR count). The predicted octanol–water partition coefficient (Wildman–Crippen LogP) is 3.15. The lowest BCUT2D eigenvalue weighted by Crippen LogP contribution is -2.06. The molecule has 0 unspecified atom stereocenters. The lowest BCUT2D eigenvalue weighted by Gasteiger charge is -2.10. The van der Waals surface area contributed by atoms with Crippen LogP contribution in [0.3, 0.4) is 0 Å². The molecule has 0 saturated heterocycles. The zero-order valence-corrected chi connectivity index (χ0v) is 19.1. The highest BCUT2D eigenvalue weighted by Gasteiger charge is 2.21. The first-order valence-electron chi connectivity index (χ1n) is 9.25. The van der Waals surface area contributed by atoms with Crippen molar-refractivity contribution >= 4 is 36.8 Å². The molecule has 178 valence electrons. The van der Waals surface area contributed by atoms with Gasteiger partial charge in [0.2, 0.25) is 0 Å². The van der Waals surface area contributed by atoms with Gasteiger partial charge in [-0.3, -0.25) is 9.36 Å². The largest absolute Gasteiger partial charge is 0.400 e. The Morgan fingerprint density at radius 1 is 1.09 bits per heavy atom. The Balaban J connectivity index is 0.00000132. The number of nitrogens with one attached hydrogen (secondary N) is 2. The highest BCUT2D eigenvalue weighted by atomic mass is 35.5. The summed E-state index contributed by atoms with van der Waals surface area (Å²) in [5, 5.41) is 12.9. The van der Waals surface area contributed by atoms with Crippen molar-refractivity contribution in [3.63, 3.8) is 0 Å². The second-order valence-electron chi connectivity index (χ2n) is 5.77. The Labute approximate surface area is 195 Å². The van der Waals surface area contributed by atoms with Gasteiger partial charge in [-0.05, 0) is 50.5 Å². The van der Waals surface area contributed by atoms with E-state index >= 15 is 0 Å². The Bertz CT molecular complexity index is 1010. The van der Waals surface area contributed by atoms with Crippen LogP contribution in [0.25, 0.3) is 17.1 Å². The molecule has 0 amide bonds. The van der Waals surface area contributed by atoms with Crippen molar-refractivity contribution < 1.29 is 28.3 Å². The topological polar surface area (TPSA) is 113 Å². The summed E-state index contributed by atoms with van der Waals surface area (Å²) in [6, 6.07) is 9.53. The van der Waals surface area contributed by atoms with Crippen LogP contribution < -0.4 is 10.6 Å². The van der Waals surface area contributed by atoms with Crippen molar-refractivity contribution in [1.82, 2.24) is 14.9 Å². The van der Waals surface area contributed by atoms with E-state index in [1.165, 1.54) is 10.6 Å². The number of hydrogen-bond acceptors (Lipinski definition) is 7. The molecule has 0 aliphatic rings. The molecule has 0 aliphatic heterocycles. The van der Waals surface area contributed by atoms with Crippen molar-refractivity contribution in [1.29, 1.82) is 0 Å². The molecule has 33 heavy (non-hydrogen) atoms. The smallest absolute Gasteiger partial charge is 0.170 e. The molecule has 3 aromatic rings. The Morgan fingerprint density at radius 3 is 2.15 bits per heavy atom. The molecule has 0 bridgehead atoms. The lowest BCUT2D eigenvalue weighted by atomic mass is 10.2. The first kappa shape index (κ1) is 29.5. The number of benzene rings is 2. The number of aldehydes is 2. The number of hydrogen-bond donors (Lipinski definition) is 3. The second kappa shape index (κ2) is 16.2.